The number of aromatic nitrogens is 1. The predicted molar refractivity (Wildman–Crippen MR) is 72.0 cm³/mol. The quantitative estimate of drug-likeness (QED) is 0.675. The van der Waals surface area contributed by atoms with Gasteiger partial charge in [-0.15, -0.1) is 0 Å². The van der Waals surface area contributed by atoms with E-state index in [9.17, 15) is 14.4 Å². The zero-order chi connectivity index (χ0) is 14.5. The normalized spacial score (nSPS) is 18.4. The van der Waals surface area contributed by atoms with E-state index in [1.54, 1.807) is 12.1 Å². The third-order valence-electron chi connectivity index (χ3n) is 2.91. The van der Waals surface area contributed by atoms with Crippen molar-refractivity contribution in [2.24, 2.45) is 0 Å². The second-order valence-electron chi connectivity index (χ2n) is 4.44. The fraction of sp³-hybridized carbons (Fsp3) is 0.385. The van der Waals surface area contributed by atoms with Gasteiger partial charge in [0.1, 0.15) is 11.7 Å². The molecule has 3 N–H and O–H groups in total. The van der Waals surface area contributed by atoms with Crippen LogP contribution in [0.5, 0.6) is 0 Å². The van der Waals surface area contributed by atoms with E-state index in [-0.39, 0.29) is 23.4 Å². The van der Waals surface area contributed by atoms with Crippen LogP contribution in [0.25, 0.3) is 0 Å². The van der Waals surface area contributed by atoms with Crippen molar-refractivity contribution in [3.63, 3.8) is 0 Å². The Hall–Kier alpha value is -2.44. The van der Waals surface area contributed by atoms with E-state index < -0.39 is 6.04 Å². The Morgan fingerprint density at radius 1 is 1.50 bits per heavy atom. The lowest BCUT2D eigenvalue weighted by atomic mass is 10.1. The lowest BCUT2D eigenvalue weighted by Gasteiger charge is -2.22. The molecule has 1 aromatic heterocycles. The highest BCUT2D eigenvalue weighted by molar-refractivity contribution is 6.01. The zero-order valence-corrected chi connectivity index (χ0v) is 11.1. The van der Waals surface area contributed by atoms with Crippen molar-refractivity contribution in [1.29, 1.82) is 0 Å². The first-order chi connectivity index (χ1) is 9.60. The summed E-state index contributed by atoms with van der Waals surface area (Å²) in [5.41, 5.74) is 0.903. The van der Waals surface area contributed by atoms with Gasteiger partial charge in [0.05, 0.1) is 0 Å². The van der Waals surface area contributed by atoms with Crippen LogP contribution in [0.1, 0.15) is 30.3 Å². The molecule has 106 valence electrons. The number of nitrogens with zero attached hydrogens (tertiary/aromatic N) is 1. The van der Waals surface area contributed by atoms with Crippen molar-refractivity contribution in [3.05, 3.63) is 24.0 Å². The Kier molecular flexibility index (Phi) is 4.29. The van der Waals surface area contributed by atoms with Crippen LogP contribution in [0, 0.1) is 0 Å². The van der Waals surface area contributed by atoms with Crippen LogP contribution >= 0.6 is 0 Å². The number of hydrogen-bond donors (Lipinski definition) is 3. The molecule has 1 aliphatic rings. The van der Waals surface area contributed by atoms with Gasteiger partial charge in [-0.3, -0.25) is 24.7 Å². The van der Waals surface area contributed by atoms with Gasteiger partial charge in [0.25, 0.3) is 5.91 Å². The number of rotatable bonds is 4. The summed E-state index contributed by atoms with van der Waals surface area (Å²) in [7, 11) is 0. The molecule has 3 amide bonds. The van der Waals surface area contributed by atoms with Gasteiger partial charge in [-0.1, -0.05) is 0 Å². The average molecular weight is 276 g/mol. The first-order valence-corrected chi connectivity index (χ1v) is 6.44. The Morgan fingerprint density at radius 3 is 3.00 bits per heavy atom. The molecule has 0 spiro atoms. The molecule has 20 heavy (non-hydrogen) atoms. The third kappa shape index (κ3) is 3.31. The third-order valence-corrected chi connectivity index (χ3v) is 2.91. The zero-order valence-electron chi connectivity index (χ0n) is 11.1. The Morgan fingerprint density at radius 2 is 2.30 bits per heavy atom. The topological polar surface area (TPSA) is 100 Å². The number of hydrogen-bond acceptors (Lipinski definition) is 5. The molecule has 0 aromatic carbocycles. The van der Waals surface area contributed by atoms with Gasteiger partial charge < -0.3 is 10.6 Å². The van der Waals surface area contributed by atoms with Crippen molar-refractivity contribution in [2.75, 3.05) is 11.9 Å². The Labute approximate surface area is 116 Å². The predicted octanol–water partition coefficient (Wildman–Crippen LogP) is 0.0484. The second-order valence-corrected chi connectivity index (χ2v) is 4.44. The van der Waals surface area contributed by atoms with Crippen molar-refractivity contribution in [3.8, 4) is 0 Å². The standard InChI is InChI=1S/C13H16N4O3/c1-2-14-12(19)10-7-8(5-6-15-10)16-9-3-4-11(18)17-13(9)20/h5-7,9H,2-4H2,1H3,(H,14,19)(H,15,16)(H,17,18,20). The van der Waals surface area contributed by atoms with E-state index in [0.29, 0.717) is 25.1 Å². The molecule has 0 radical (unpaired) electrons. The van der Waals surface area contributed by atoms with Gasteiger partial charge in [-0.25, -0.2) is 0 Å². The van der Waals surface area contributed by atoms with E-state index >= 15 is 0 Å². The van der Waals surface area contributed by atoms with Gasteiger partial charge >= 0.3 is 0 Å². The summed E-state index contributed by atoms with van der Waals surface area (Å²) in [5.74, 6) is -0.872. The molecule has 0 bridgehead atoms. The molecule has 7 heteroatoms. The minimum Gasteiger partial charge on any atom is -0.374 e. The fourth-order valence-electron chi connectivity index (χ4n) is 1.93. The largest absolute Gasteiger partial charge is 0.374 e. The number of amides is 3. The maximum absolute atomic E-state index is 11.7. The molecule has 2 rings (SSSR count). The van der Waals surface area contributed by atoms with Gasteiger partial charge in [-0.2, -0.15) is 0 Å². The van der Waals surface area contributed by atoms with Gasteiger partial charge in [0.15, 0.2) is 0 Å². The van der Waals surface area contributed by atoms with Crippen molar-refractivity contribution < 1.29 is 14.4 Å². The van der Waals surface area contributed by atoms with Crippen LogP contribution in [0.4, 0.5) is 5.69 Å². The molecule has 0 saturated carbocycles. The Balaban J connectivity index is 2.06. The second kappa shape index (κ2) is 6.14. The van der Waals surface area contributed by atoms with Crippen LogP contribution in [-0.4, -0.2) is 35.3 Å². The van der Waals surface area contributed by atoms with Crippen molar-refractivity contribution in [2.45, 2.75) is 25.8 Å². The molecule has 1 atom stereocenters. The molecule has 7 nitrogen and oxygen atoms in total. The smallest absolute Gasteiger partial charge is 0.269 e. The van der Waals surface area contributed by atoms with Crippen LogP contribution < -0.4 is 16.0 Å². The van der Waals surface area contributed by atoms with Crippen LogP contribution in [0.15, 0.2) is 18.3 Å². The summed E-state index contributed by atoms with van der Waals surface area (Å²) in [5, 5.41) is 7.93. The van der Waals surface area contributed by atoms with Gasteiger partial charge in [0.2, 0.25) is 11.8 Å². The Bertz CT molecular complexity index is 544. The summed E-state index contributed by atoms with van der Waals surface area (Å²) < 4.78 is 0. The fourth-order valence-corrected chi connectivity index (χ4v) is 1.93. The number of piperidine rings is 1. The highest BCUT2D eigenvalue weighted by Crippen LogP contribution is 2.14. The molecular weight excluding hydrogens is 260 g/mol. The lowest BCUT2D eigenvalue weighted by Crippen LogP contribution is -2.47. The van der Waals surface area contributed by atoms with Crippen LogP contribution in [0.2, 0.25) is 0 Å². The lowest BCUT2D eigenvalue weighted by molar-refractivity contribution is -0.133. The molecule has 1 fully saturated rings. The molecule has 1 unspecified atom stereocenters. The van der Waals surface area contributed by atoms with Crippen LogP contribution in [0.3, 0.4) is 0 Å². The summed E-state index contributed by atoms with van der Waals surface area (Å²) >= 11 is 0. The maximum Gasteiger partial charge on any atom is 0.269 e. The summed E-state index contributed by atoms with van der Waals surface area (Å²) in [6.45, 7) is 2.34. The number of carbonyl (C=O) groups is 3. The molecule has 1 saturated heterocycles. The minimum absolute atomic E-state index is 0.259. The molecule has 1 aromatic rings. The van der Waals surface area contributed by atoms with E-state index in [1.807, 2.05) is 6.92 Å². The molecule has 2 heterocycles. The molecule has 1 aliphatic heterocycles. The average Bonchev–Trinajstić information content (AvgIpc) is 2.43. The summed E-state index contributed by atoms with van der Waals surface area (Å²) in [4.78, 5) is 38.4. The first-order valence-electron chi connectivity index (χ1n) is 6.44. The molecular formula is C13H16N4O3. The monoisotopic (exact) mass is 276 g/mol. The number of imide groups is 1. The number of nitrogens with one attached hydrogen (secondary N) is 3. The number of anilines is 1. The van der Waals surface area contributed by atoms with E-state index in [1.165, 1.54) is 6.20 Å². The number of pyridine rings is 1. The molecule has 0 aliphatic carbocycles. The number of carbonyl (C=O) groups excluding carboxylic acids is 3. The minimum atomic E-state index is -0.475. The van der Waals surface area contributed by atoms with E-state index in [2.05, 4.69) is 20.9 Å². The van der Waals surface area contributed by atoms with Gasteiger partial charge in [-0.05, 0) is 25.5 Å². The summed E-state index contributed by atoms with van der Waals surface area (Å²) in [6, 6.07) is 2.78. The van der Waals surface area contributed by atoms with Gasteiger partial charge in [0, 0.05) is 24.8 Å². The van der Waals surface area contributed by atoms with Crippen molar-refractivity contribution >= 4 is 23.4 Å². The summed E-state index contributed by atoms with van der Waals surface area (Å²) in [6.07, 6.45) is 2.24. The first kappa shape index (κ1) is 14.0. The highest BCUT2D eigenvalue weighted by Gasteiger charge is 2.26. The maximum atomic E-state index is 11.7. The van der Waals surface area contributed by atoms with Crippen molar-refractivity contribution in [1.82, 2.24) is 15.6 Å². The van der Waals surface area contributed by atoms with E-state index in [0.717, 1.165) is 0 Å². The highest BCUT2D eigenvalue weighted by atomic mass is 16.2. The SMILES string of the molecule is CCNC(=O)c1cc(NC2CCC(=O)NC2=O)ccn1. The van der Waals surface area contributed by atoms with E-state index in [4.69, 9.17) is 0 Å². The van der Waals surface area contributed by atoms with Crippen LogP contribution in [-0.2, 0) is 9.59 Å².